The van der Waals surface area contributed by atoms with Crippen LogP contribution in [0.4, 0.5) is 0 Å². The molecule has 0 spiro atoms. The van der Waals surface area contributed by atoms with E-state index in [-0.39, 0.29) is 18.2 Å². The van der Waals surface area contributed by atoms with Crippen LogP contribution in [0.15, 0.2) is 0 Å². The molecule has 14 heavy (non-hydrogen) atoms. The van der Waals surface area contributed by atoms with Gasteiger partial charge in [0.1, 0.15) is 0 Å². The van der Waals surface area contributed by atoms with E-state index >= 15 is 0 Å². The molecule has 0 aromatic rings. The lowest BCUT2D eigenvalue weighted by Crippen LogP contribution is -2.51. The Kier molecular flexibility index (Phi) is 4.29. The minimum absolute atomic E-state index is 0.0720. The van der Waals surface area contributed by atoms with Gasteiger partial charge < -0.3 is 10.8 Å². The Morgan fingerprint density at radius 3 is 2.57 bits per heavy atom. The summed E-state index contributed by atoms with van der Waals surface area (Å²) in [6.45, 7) is 1.99. The summed E-state index contributed by atoms with van der Waals surface area (Å²) >= 11 is 4.96. The lowest BCUT2D eigenvalue weighted by molar-refractivity contribution is 0.0267. The number of aliphatic hydroxyl groups excluding tert-OH is 1. The Balaban J connectivity index is 2.57. The molecule has 1 rings (SSSR count). The maximum Gasteiger partial charge on any atom is 0.0899 e. The number of nitrogens with zero attached hydrogens (tertiary/aromatic N) is 1. The van der Waals surface area contributed by atoms with Crippen molar-refractivity contribution in [3.05, 3.63) is 0 Å². The predicted octanol–water partition coefficient (Wildman–Crippen LogP) is 0.896. The van der Waals surface area contributed by atoms with E-state index in [2.05, 4.69) is 4.90 Å². The molecule has 1 fully saturated rings. The summed E-state index contributed by atoms with van der Waals surface area (Å²) in [5, 5.41) is 9.84. The van der Waals surface area contributed by atoms with E-state index in [0.717, 1.165) is 19.3 Å². The van der Waals surface area contributed by atoms with Crippen LogP contribution < -0.4 is 5.73 Å². The van der Waals surface area contributed by atoms with E-state index in [0.29, 0.717) is 4.99 Å². The fourth-order valence-corrected chi connectivity index (χ4v) is 2.22. The molecule has 3 nitrogen and oxygen atoms in total. The summed E-state index contributed by atoms with van der Waals surface area (Å²) in [6.07, 6.45) is 4.05. The van der Waals surface area contributed by atoms with Gasteiger partial charge in [0.15, 0.2) is 0 Å². The third-order valence-electron chi connectivity index (χ3n) is 3.24. The van der Waals surface area contributed by atoms with E-state index in [1.807, 2.05) is 14.0 Å². The van der Waals surface area contributed by atoms with Crippen molar-refractivity contribution in [3.63, 3.8) is 0 Å². The predicted molar refractivity (Wildman–Crippen MR) is 62.3 cm³/mol. The molecule has 0 saturated heterocycles. The van der Waals surface area contributed by atoms with Crippen LogP contribution in [0.1, 0.15) is 32.6 Å². The SMILES string of the molecule is CC(C(N)=S)N(C)C1CCCCC1O. The van der Waals surface area contributed by atoms with Crippen molar-refractivity contribution >= 4 is 17.2 Å². The van der Waals surface area contributed by atoms with E-state index < -0.39 is 0 Å². The first-order chi connectivity index (χ1) is 6.54. The average Bonchev–Trinajstić information content (AvgIpc) is 2.16. The molecule has 1 saturated carbocycles. The van der Waals surface area contributed by atoms with E-state index in [1.54, 1.807) is 0 Å². The number of hydrogen-bond acceptors (Lipinski definition) is 3. The number of hydrogen-bond donors (Lipinski definition) is 2. The van der Waals surface area contributed by atoms with Gasteiger partial charge in [0.2, 0.25) is 0 Å². The minimum atomic E-state index is -0.217. The van der Waals surface area contributed by atoms with Gasteiger partial charge in [-0.1, -0.05) is 25.1 Å². The smallest absolute Gasteiger partial charge is 0.0899 e. The van der Waals surface area contributed by atoms with Crippen LogP contribution in [0.25, 0.3) is 0 Å². The first-order valence-corrected chi connectivity index (χ1v) is 5.64. The number of aliphatic hydroxyl groups is 1. The van der Waals surface area contributed by atoms with E-state index in [9.17, 15) is 5.11 Å². The summed E-state index contributed by atoms with van der Waals surface area (Å²) in [4.78, 5) is 2.61. The first kappa shape index (κ1) is 11.9. The molecule has 4 heteroatoms. The summed E-state index contributed by atoms with van der Waals surface area (Å²) in [7, 11) is 1.99. The molecular weight excluding hydrogens is 196 g/mol. The van der Waals surface area contributed by atoms with Crippen molar-refractivity contribution in [2.75, 3.05) is 7.05 Å². The van der Waals surface area contributed by atoms with Gasteiger partial charge in [-0.15, -0.1) is 0 Å². The number of nitrogens with two attached hydrogens (primary N) is 1. The fourth-order valence-electron chi connectivity index (χ4n) is 2.05. The molecule has 0 bridgehead atoms. The molecular formula is C10H20N2OS. The minimum Gasteiger partial charge on any atom is -0.392 e. The third kappa shape index (κ3) is 2.65. The van der Waals surface area contributed by atoms with Crippen LogP contribution in [-0.4, -0.2) is 40.2 Å². The van der Waals surface area contributed by atoms with Gasteiger partial charge in [0, 0.05) is 6.04 Å². The largest absolute Gasteiger partial charge is 0.392 e. The molecule has 0 aromatic heterocycles. The van der Waals surface area contributed by atoms with Gasteiger partial charge in [0.05, 0.1) is 17.1 Å². The van der Waals surface area contributed by atoms with Crippen molar-refractivity contribution < 1.29 is 5.11 Å². The summed E-state index contributed by atoms with van der Waals surface area (Å²) in [5.41, 5.74) is 5.60. The summed E-state index contributed by atoms with van der Waals surface area (Å²) in [5.74, 6) is 0. The number of thiocarbonyl (C=S) groups is 1. The second kappa shape index (κ2) is 5.05. The quantitative estimate of drug-likeness (QED) is 0.688. The van der Waals surface area contributed by atoms with Crippen molar-refractivity contribution in [1.29, 1.82) is 0 Å². The zero-order valence-electron chi connectivity index (χ0n) is 8.94. The Labute approximate surface area is 91.3 Å². The molecule has 0 aliphatic heterocycles. The summed E-state index contributed by atoms with van der Waals surface area (Å²) in [6, 6.07) is 0.294. The van der Waals surface area contributed by atoms with Crippen molar-refractivity contribution in [3.8, 4) is 0 Å². The number of likely N-dealkylation sites (N-methyl/N-ethyl adjacent to an activating group) is 1. The highest BCUT2D eigenvalue weighted by molar-refractivity contribution is 7.80. The maximum absolute atomic E-state index is 9.84. The van der Waals surface area contributed by atoms with Crippen LogP contribution in [-0.2, 0) is 0 Å². The molecule has 0 aromatic carbocycles. The lowest BCUT2D eigenvalue weighted by atomic mass is 9.91. The Bertz CT molecular complexity index is 210. The summed E-state index contributed by atoms with van der Waals surface area (Å²) < 4.78 is 0. The standard InChI is InChI=1S/C10H20N2OS/c1-7(10(11)14)12(2)8-5-3-4-6-9(8)13/h7-9,13H,3-6H2,1-2H3,(H2,11,14). The van der Waals surface area contributed by atoms with Crippen molar-refractivity contribution in [2.45, 2.75) is 50.8 Å². The van der Waals surface area contributed by atoms with Crippen molar-refractivity contribution in [1.82, 2.24) is 4.90 Å². The highest BCUT2D eigenvalue weighted by atomic mass is 32.1. The Hall–Kier alpha value is -0.190. The molecule has 1 aliphatic rings. The average molecular weight is 216 g/mol. The van der Waals surface area contributed by atoms with E-state index in [4.69, 9.17) is 18.0 Å². The van der Waals surface area contributed by atoms with Crippen molar-refractivity contribution in [2.24, 2.45) is 5.73 Å². The van der Waals surface area contributed by atoms with Crippen LogP contribution >= 0.6 is 12.2 Å². The molecule has 0 amide bonds. The second-order valence-corrected chi connectivity index (χ2v) is 4.63. The van der Waals surface area contributed by atoms with Crippen LogP contribution in [0, 0.1) is 0 Å². The molecule has 3 N–H and O–H groups in total. The zero-order valence-corrected chi connectivity index (χ0v) is 9.76. The van der Waals surface area contributed by atoms with E-state index in [1.165, 1.54) is 6.42 Å². The molecule has 0 radical (unpaired) electrons. The molecule has 3 unspecified atom stereocenters. The van der Waals surface area contributed by atoms with Crippen LogP contribution in [0.5, 0.6) is 0 Å². The number of rotatable bonds is 3. The second-order valence-electron chi connectivity index (χ2n) is 4.16. The zero-order chi connectivity index (χ0) is 10.7. The highest BCUT2D eigenvalue weighted by Crippen LogP contribution is 2.23. The topological polar surface area (TPSA) is 49.5 Å². The van der Waals surface area contributed by atoms with Gasteiger partial charge >= 0.3 is 0 Å². The van der Waals surface area contributed by atoms with Gasteiger partial charge in [-0.2, -0.15) is 0 Å². The first-order valence-electron chi connectivity index (χ1n) is 5.23. The Morgan fingerprint density at radius 2 is 2.07 bits per heavy atom. The molecule has 82 valence electrons. The van der Waals surface area contributed by atoms with Gasteiger partial charge in [-0.05, 0) is 26.8 Å². The van der Waals surface area contributed by atoms with Gasteiger partial charge in [0.25, 0.3) is 0 Å². The molecule has 3 atom stereocenters. The molecule has 0 heterocycles. The Morgan fingerprint density at radius 1 is 1.50 bits per heavy atom. The third-order valence-corrected chi connectivity index (χ3v) is 3.58. The lowest BCUT2D eigenvalue weighted by Gasteiger charge is -2.38. The molecule has 1 aliphatic carbocycles. The normalized spacial score (nSPS) is 30.3. The van der Waals surface area contributed by atoms with Crippen LogP contribution in [0.2, 0.25) is 0 Å². The monoisotopic (exact) mass is 216 g/mol. The highest BCUT2D eigenvalue weighted by Gasteiger charge is 2.29. The fraction of sp³-hybridized carbons (Fsp3) is 0.900. The van der Waals surface area contributed by atoms with Gasteiger partial charge in [-0.25, -0.2) is 0 Å². The van der Waals surface area contributed by atoms with Crippen LogP contribution in [0.3, 0.4) is 0 Å². The van der Waals surface area contributed by atoms with Gasteiger partial charge in [-0.3, -0.25) is 4.90 Å². The maximum atomic E-state index is 9.84.